The molecule has 0 saturated carbocycles. The van der Waals surface area contributed by atoms with E-state index in [0.717, 1.165) is 5.69 Å². The van der Waals surface area contributed by atoms with Crippen LogP contribution in [0.2, 0.25) is 0 Å². The molecule has 8 heteroatoms. The first-order valence-corrected chi connectivity index (χ1v) is 8.77. The molecule has 0 amide bonds. The zero-order chi connectivity index (χ0) is 15.9. The fraction of sp³-hybridized carbons (Fsp3) is 0.571. The maximum atomic E-state index is 11.7. The normalized spacial score (nSPS) is 12.5. The van der Waals surface area contributed by atoms with Crippen molar-refractivity contribution in [3.8, 4) is 0 Å². The van der Waals surface area contributed by atoms with Crippen LogP contribution >= 0.6 is 24.0 Å². The van der Waals surface area contributed by atoms with Gasteiger partial charge in [-0.1, -0.05) is 6.07 Å². The van der Waals surface area contributed by atoms with Crippen LogP contribution in [0.4, 0.5) is 0 Å². The van der Waals surface area contributed by atoms with Crippen molar-refractivity contribution in [2.75, 3.05) is 19.3 Å². The molecule has 0 aliphatic carbocycles. The van der Waals surface area contributed by atoms with E-state index in [1.165, 1.54) is 6.26 Å². The molecule has 0 aliphatic rings. The van der Waals surface area contributed by atoms with Gasteiger partial charge in [-0.15, -0.1) is 24.0 Å². The molecule has 0 aromatic carbocycles. The van der Waals surface area contributed by atoms with E-state index in [4.69, 9.17) is 0 Å². The second-order valence-electron chi connectivity index (χ2n) is 5.40. The van der Waals surface area contributed by atoms with Crippen molar-refractivity contribution in [1.82, 2.24) is 15.6 Å². The minimum atomic E-state index is -3.14. The molecule has 0 spiro atoms. The van der Waals surface area contributed by atoms with Gasteiger partial charge in [0.1, 0.15) is 0 Å². The first kappa shape index (κ1) is 21.1. The van der Waals surface area contributed by atoms with Crippen molar-refractivity contribution in [2.45, 2.75) is 32.1 Å². The molecule has 22 heavy (non-hydrogen) atoms. The Balaban J connectivity index is 0.00000441. The number of halogens is 1. The zero-order valence-corrected chi connectivity index (χ0v) is 16.6. The van der Waals surface area contributed by atoms with E-state index in [0.29, 0.717) is 25.6 Å². The molecule has 0 aliphatic heterocycles. The Morgan fingerprint density at radius 2 is 2.00 bits per heavy atom. The van der Waals surface area contributed by atoms with Crippen LogP contribution < -0.4 is 10.6 Å². The van der Waals surface area contributed by atoms with Crippen LogP contribution in [0.3, 0.4) is 0 Å². The number of sulfone groups is 1. The topological polar surface area (TPSA) is 83.4 Å². The lowest BCUT2D eigenvalue weighted by atomic mass is 10.2. The Morgan fingerprint density at radius 1 is 1.32 bits per heavy atom. The smallest absolute Gasteiger partial charge is 0.191 e. The molecule has 0 radical (unpaired) electrons. The Hall–Kier alpha value is -0.900. The Bertz CT molecular complexity index is 574. The number of guanidine groups is 1. The highest BCUT2D eigenvalue weighted by Gasteiger charge is 2.30. The van der Waals surface area contributed by atoms with Crippen LogP contribution in [0.1, 0.15) is 26.5 Å². The maximum Gasteiger partial charge on any atom is 0.191 e. The van der Waals surface area contributed by atoms with E-state index in [1.54, 1.807) is 20.0 Å². The SMILES string of the molecule is CCNC(=NCc1ccccn1)NCC(C)(C)S(C)(=O)=O.I. The summed E-state index contributed by atoms with van der Waals surface area (Å²) in [7, 11) is -3.14. The predicted molar refractivity (Wildman–Crippen MR) is 101 cm³/mol. The van der Waals surface area contributed by atoms with Gasteiger partial charge in [-0.2, -0.15) is 0 Å². The van der Waals surface area contributed by atoms with Crippen molar-refractivity contribution in [3.63, 3.8) is 0 Å². The molecule has 0 saturated heterocycles. The van der Waals surface area contributed by atoms with Gasteiger partial charge in [0, 0.05) is 25.5 Å². The molecule has 0 bridgehead atoms. The molecule has 6 nitrogen and oxygen atoms in total. The lowest BCUT2D eigenvalue weighted by Gasteiger charge is -2.24. The maximum absolute atomic E-state index is 11.7. The molecule has 1 aromatic rings. The summed E-state index contributed by atoms with van der Waals surface area (Å²) in [6, 6.07) is 5.66. The molecule has 126 valence electrons. The largest absolute Gasteiger partial charge is 0.357 e. The third-order valence-corrected chi connectivity index (χ3v) is 5.31. The van der Waals surface area contributed by atoms with E-state index >= 15 is 0 Å². The molecule has 1 aromatic heterocycles. The summed E-state index contributed by atoms with van der Waals surface area (Å²) < 4.78 is 22.5. The highest BCUT2D eigenvalue weighted by Crippen LogP contribution is 2.13. The van der Waals surface area contributed by atoms with Crippen molar-refractivity contribution < 1.29 is 8.42 Å². The van der Waals surface area contributed by atoms with Crippen LogP contribution in [-0.4, -0.2) is 43.5 Å². The van der Waals surface area contributed by atoms with E-state index in [1.807, 2.05) is 25.1 Å². The van der Waals surface area contributed by atoms with Crippen molar-refractivity contribution in [1.29, 1.82) is 0 Å². The van der Waals surface area contributed by atoms with Gasteiger partial charge in [-0.3, -0.25) is 4.98 Å². The summed E-state index contributed by atoms with van der Waals surface area (Å²) in [5.74, 6) is 0.583. The van der Waals surface area contributed by atoms with E-state index in [-0.39, 0.29) is 24.0 Å². The second kappa shape index (κ2) is 9.29. The summed E-state index contributed by atoms with van der Waals surface area (Å²) >= 11 is 0. The summed E-state index contributed by atoms with van der Waals surface area (Å²) in [5, 5.41) is 6.16. The molecule has 0 unspecified atom stereocenters. The van der Waals surface area contributed by atoms with Gasteiger partial charge in [-0.05, 0) is 32.9 Å². The number of hydrogen-bond acceptors (Lipinski definition) is 4. The monoisotopic (exact) mass is 440 g/mol. The van der Waals surface area contributed by atoms with E-state index < -0.39 is 14.6 Å². The quantitative estimate of drug-likeness (QED) is 0.399. The zero-order valence-electron chi connectivity index (χ0n) is 13.5. The van der Waals surface area contributed by atoms with Crippen LogP contribution in [0, 0.1) is 0 Å². The second-order valence-corrected chi connectivity index (χ2v) is 8.05. The molecule has 2 N–H and O–H groups in total. The molecular formula is C14H25IN4O2S. The fourth-order valence-electron chi connectivity index (χ4n) is 1.42. The molecule has 1 heterocycles. The van der Waals surface area contributed by atoms with Gasteiger partial charge in [0.25, 0.3) is 0 Å². The molecule has 1 rings (SSSR count). The van der Waals surface area contributed by atoms with Crippen molar-refractivity contribution >= 4 is 39.8 Å². The lowest BCUT2D eigenvalue weighted by Crippen LogP contribution is -2.47. The lowest BCUT2D eigenvalue weighted by molar-refractivity contribution is 0.544. The van der Waals surface area contributed by atoms with Gasteiger partial charge in [0.2, 0.25) is 0 Å². The number of rotatable bonds is 6. The van der Waals surface area contributed by atoms with Gasteiger partial charge >= 0.3 is 0 Å². The number of aliphatic imine (C=N–C) groups is 1. The average Bonchev–Trinajstić information content (AvgIpc) is 2.42. The predicted octanol–water partition coefficient (Wildman–Crippen LogP) is 1.58. The van der Waals surface area contributed by atoms with Gasteiger partial charge in [0.15, 0.2) is 15.8 Å². The van der Waals surface area contributed by atoms with Crippen LogP contribution in [0.5, 0.6) is 0 Å². The number of nitrogens with zero attached hydrogens (tertiary/aromatic N) is 2. The van der Waals surface area contributed by atoms with Crippen molar-refractivity contribution in [3.05, 3.63) is 30.1 Å². The Morgan fingerprint density at radius 3 is 2.50 bits per heavy atom. The summed E-state index contributed by atoms with van der Waals surface area (Å²) in [6.45, 7) is 6.78. The highest BCUT2D eigenvalue weighted by molar-refractivity contribution is 14.0. The van der Waals surface area contributed by atoms with E-state index in [2.05, 4.69) is 20.6 Å². The fourth-order valence-corrected chi connectivity index (χ4v) is 1.76. The summed E-state index contributed by atoms with van der Waals surface area (Å²) in [6.07, 6.45) is 2.96. The first-order chi connectivity index (χ1) is 9.76. The highest BCUT2D eigenvalue weighted by atomic mass is 127. The van der Waals surface area contributed by atoms with Gasteiger partial charge in [-0.25, -0.2) is 13.4 Å². The third-order valence-electron chi connectivity index (χ3n) is 3.15. The number of pyridine rings is 1. The molecular weight excluding hydrogens is 415 g/mol. The minimum absolute atomic E-state index is 0. The summed E-state index contributed by atoms with van der Waals surface area (Å²) in [4.78, 5) is 8.61. The van der Waals surface area contributed by atoms with Gasteiger partial charge < -0.3 is 10.6 Å². The minimum Gasteiger partial charge on any atom is -0.357 e. The Labute approximate surface area is 150 Å². The number of aromatic nitrogens is 1. The van der Waals surface area contributed by atoms with Gasteiger partial charge in [0.05, 0.1) is 17.0 Å². The van der Waals surface area contributed by atoms with Crippen LogP contribution in [-0.2, 0) is 16.4 Å². The van der Waals surface area contributed by atoms with Crippen LogP contribution in [0.25, 0.3) is 0 Å². The summed E-state index contributed by atoms with van der Waals surface area (Å²) in [5.41, 5.74) is 0.858. The number of nitrogens with one attached hydrogen (secondary N) is 2. The Kier molecular flexibility index (Phi) is 8.91. The average molecular weight is 440 g/mol. The van der Waals surface area contributed by atoms with E-state index in [9.17, 15) is 8.42 Å². The molecule has 0 fully saturated rings. The van der Waals surface area contributed by atoms with Crippen LogP contribution in [0.15, 0.2) is 29.4 Å². The standard InChI is InChI=1S/C14H24N4O2S.HI/c1-5-15-13(17-10-12-8-6-7-9-16-12)18-11-14(2,3)21(4,19)20;/h6-9H,5,10-11H2,1-4H3,(H2,15,17,18);1H. The third kappa shape index (κ3) is 6.91. The van der Waals surface area contributed by atoms with Crippen molar-refractivity contribution in [2.24, 2.45) is 4.99 Å². The first-order valence-electron chi connectivity index (χ1n) is 6.88. The number of hydrogen-bond donors (Lipinski definition) is 2. The molecule has 0 atom stereocenters.